The van der Waals surface area contributed by atoms with Gasteiger partial charge in [0, 0.05) is 11.3 Å². The molecule has 2 heterocycles. The van der Waals surface area contributed by atoms with Crippen LogP contribution in [0.5, 0.6) is 5.75 Å². The first-order valence-electron chi connectivity index (χ1n) is 9.65. The Hall–Kier alpha value is -3.73. The van der Waals surface area contributed by atoms with Crippen molar-refractivity contribution in [1.82, 2.24) is 14.8 Å². The van der Waals surface area contributed by atoms with Gasteiger partial charge in [-0.1, -0.05) is 18.2 Å². The van der Waals surface area contributed by atoms with E-state index >= 15 is 0 Å². The molecule has 2 aromatic carbocycles. The van der Waals surface area contributed by atoms with Crippen LogP contribution in [0.1, 0.15) is 10.6 Å². The van der Waals surface area contributed by atoms with Crippen molar-refractivity contribution < 1.29 is 22.7 Å². The Morgan fingerprint density at radius 2 is 1.94 bits per heavy atom. The van der Waals surface area contributed by atoms with Crippen molar-refractivity contribution in [3.63, 3.8) is 0 Å². The molecule has 0 unspecified atom stereocenters. The van der Waals surface area contributed by atoms with Gasteiger partial charge in [-0.3, -0.25) is 9.59 Å². The lowest BCUT2D eigenvalue weighted by atomic mass is 10.1. The Bertz CT molecular complexity index is 1410. The van der Waals surface area contributed by atoms with Crippen LogP contribution in [0.25, 0.3) is 21.5 Å². The number of nitrogens with one attached hydrogen (secondary N) is 1. The van der Waals surface area contributed by atoms with E-state index in [1.807, 2.05) is 0 Å². The van der Waals surface area contributed by atoms with Gasteiger partial charge >= 0.3 is 6.18 Å². The number of methoxy groups -OCH3 is 1. The Labute approximate surface area is 189 Å². The van der Waals surface area contributed by atoms with E-state index in [0.29, 0.717) is 26.7 Å². The Morgan fingerprint density at radius 1 is 1.18 bits per heavy atom. The van der Waals surface area contributed by atoms with Crippen molar-refractivity contribution in [3.05, 3.63) is 69.5 Å². The molecule has 11 heteroatoms. The van der Waals surface area contributed by atoms with Crippen LogP contribution in [0.4, 0.5) is 18.9 Å². The zero-order valence-corrected chi connectivity index (χ0v) is 18.3. The minimum absolute atomic E-state index is 0.0403. The summed E-state index contributed by atoms with van der Waals surface area (Å²) in [7, 11) is 1.53. The second kappa shape index (κ2) is 8.66. The maximum Gasteiger partial charge on any atom is 0.416 e. The maximum absolute atomic E-state index is 12.9. The van der Waals surface area contributed by atoms with Crippen LogP contribution in [0.3, 0.4) is 0 Å². The quantitative estimate of drug-likeness (QED) is 0.461. The number of aromatic nitrogens is 3. The van der Waals surface area contributed by atoms with Gasteiger partial charge in [0.2, 0.25) is 5.91 Å². The topological polar surface area (TPSA) is 86.1 Å². The van der Waals surface area contributed by atoms with Crippen LogP contribution >= 0.6 is 11.3 Å². The fourth-order valence-corrected chi connectivity index (χ4v) is 4.16. The highest BCUT2D eigenvalue weighted by Gasteiger charge is 2.30. The average Bonchev–Trinajstić information content (AvgIpc) is 3.17. The van der Waals surface area contributed by atoms with Gasteiger partial charge in [0.15, 0.2) is 5.52 Å². The number of anilines is 1. The second-order valence-corrected chi connectivity index (χ2v) is 8.28. The predicted octanol–water partition coefficient (Wildman–Crippen LogP) is 4.49. The molecule has 0 spiro atoms. The maximum atomic E-state index is 12.9. The third kappa shape index (κ3) is 4.72. The molecule has 0 aliphatic rings. The molecule has 1 N–H and O–H groups in total. The molecule has 170 valence electrons. The lowest BCUT2D eigenvalue weighted by molar-refractivity contribution is -0.137. The number of aryl methyl sites for hydroxylation is 1. The molecule has 1 amide bonds. The van der Waals surface area contributed by atoms with Gasteiger partial charge in [-0.25, -0.2) is 9.67 Å². The lowest BCUT2D eigenvalue weighted by Gasteiger charge is -2.11. The molecule has 0 saturated carbocycles. The zero-order chi connectivity index (χ0) is 23.8. The fraction of sp³-hybridized carbons (Fsp3) is 0.182. The van der Waals surface area contributed by atoms with Gasteiger partial charge in [-0.2, -0.15) is 18.3 Å². The fourth-order valence-electron chi connectivity index (χ4n) is 3.24. The summed E-state index contributed by atoms with van der Waals surface area (Å²) in [5, 5.41) is 7.41. The number of thiazole rings is 1. The number of fused-ring (bicyclic) bond motifs is 1. The van der Waals surface area contributed by atoms with E-state index < -0.39 is 29.8 Å². The summed E-state index contributed by atoms with van der Waals surface area (Å²) in [5.41, 5.74) is -0.231. The number of carbonyl (C=O) groups is 1. The predicted molar refractivity (Wildman–Crippen MR) is 118 cm³/mol. The third-order valence-electron chi connectivity index (χ3n) is 4.72. The first-order valence-corrected chi connectivity index (χ1v) is 10.5. The highest BCUT2D eigenvalue weighted by atomic mass is 32.1. The number of hydrogen-bond acceptors (Lipinski definition) is 6. The molecular formula is C22H17F3N4O3S. The number of nitrogens with zero attached hydrogens (tertiary/aromatic N) is 3. The van der Waals surface area contributed by atoms with Crippen molar-refractivity contribution in [2.24, 2.45) is 0 Å². The SMILES string of the molecule is COc1cccc(-c2nn(CC(=O)Nc3cccc(C(F)(F)F)c3)c(=O)c3nc(C)sc23)c1. The molecule has 0 radical (unpaired) electrons. The normalized spacial score (nSPS) is 11.5. The molecule has 4 aromatic rings. The number of amides is 1. The minimum atomic E-state index is -4.54. The van der Waals surface area contributed by atoms with Gasteiger partial charge in [0.1, 0.15) is 18.0 Å². The highest BCUT2D eigenvalue weighted by molar-refractivity contribution is 7.19. The average molecular weight is 474 g/mol. The van der Waals surface area contributed by atoms with Gasteiger partial charge < -0.3 is 10.1 Å². The van der Waals surface area contributed by atoms with E-state index in [1.165, 1.54) is 30.6 Å². The summed E-state index contributed by atoms with van der Waals surface area (Å²) in [6.45, 7) is 1.25. The molecule has 0 saturated heterocycles. The molecule has 4 rings (SSSR count). The number of benzene rings is 2. The number of carbonyl (C=O) groups excluding carboxylic acids is 1. The van der Waals surface area contributed by atoms with Crippen molar-refractivity contribution in [2.45, 2.75) is 19.6 Å². The smallest absolute Gasteiger partial charge is 0.416 e. The van der Waals surface area contributed by atoms with Crippen molar-refractivity contribution in [3.8, 4) is 17.0 Å². The van der Waals surface area contributed by atoms with Gasteiger partial charge in [0.25, 0.3) is 5.56 Å². The first-order chi connectivity index (χ1) is 15.7. The molecule has 0 fully saturated rings. The molecular weight excluding hydrogens is 457 g/mol. The van der Waals surface area contributed by atoms with E-state index in [9.17, 15) is 22.8 Å². The summed E-state index contributed by atoms with van der Waals surface area (Å²) >= 11 is 1.30. The van der Waals surface area contributed by atoms with Gasteiger partial charge in [0.05, 0.1) is 22.4 Å². The first kappa shape index (κ1) is 22.5. The monoisotopic (exact) mass is 474 g/mol. The number of ether oxygens (including phenoxy) is 1. The molecule has 33 heavy (non-hydrogen) atoms. The molecule has 0 aliphatic carbocycles. The zero-order valence-electron chi connectivity index (χ0n) is 17.4. The van der Waals surface area contributed by atoms with Crippen molar-refractivity contribution in [1.29, 1.82) is 0 Å². The molecule has 2 aromatic heterocycles. The Kier molecular flexibility index (Phi) is 5.90. The van der Waals surface area contributed by atoms with Gasteiger partial charge in [-0.15, -0.1) is 11.3 Å². The van der Waals surface area contributed by atoms with E-state index in [2.05, 4.69) is 15.4 Å². The van der Waals surface area contributed by atoms with Crippen LogP contribution < -0.4 is 15.6 Å². The summed E-state index contributed by atoms with van der Waals surface area (Å²) in [5.74, 6) is -0.115. The summed E-state index contributed by atoms with van der Waals surface area (Å²) in [6, 6.07) is 11.3. The van der Waals surface area contributed by atoms with Crippen molar-refractivity contribution in [2.75, 3.05) is 12.4 Å². The summed E-state index contributed by atoms with van der Waals surface area (Å²) in [4.78, 5) is 29.8. The van der Waals surface area contributed by atoms with E-state index in [4.69, 9.17) is 4.74 Å². The number of hydrogen-bond donors (Lipinski definition) is 1. The Morgan fingerprint density at radius 3 is 2.67 bits per heavy atom. The van der Waals surface area contributed by atoms with Crippen LogP contribution in [0.2, 0.25) is 0 Å². The minimum Gasteiger partial charge on any atom is -0.497 e. The molecule has 0 aliphatic heterocycles. The third-order valence-corrected chi connectivity index (χ3v) is 5.69. The number of rotatable bonds is 5. The molecule has 7 nitrogen and oxygen atoms in total. The van der Waals surface area contributed by atoms with Crippen LogP contribution in [0.15, 0.2) is 53.3 Å². The van der Waals surface area contributed by atoms with Crippen LogP contribution in [-0.2, 0) is 17.5 Å². The van der Waals surface area contributed by atoms with E-state index in [-0.39, 0.29) is 11.2 Å². The van der Waals surface area contributed by atoms with E-state index in [0.717, 1.165) is 16.8 Å². The second-order valence-electron chi connectivity index (χ2n) is 7.08. The van der Waals surface area contributed by atoms with Crippen LogP contribution in [-0.4, -0.2) is 27.8 Å². The number of alkyl halides is 3. The lowest BCUT2D eigenvalue weighted by Crippen LogP contribution is -2.30. The van der Waals surface area contributed by atoms with Crippen LogP contribution in [0, 0.1) is 6.92 Å². The summed E-state index contributed by atoms with van der Waals surface area (Å²) in [6.07, 6.45) is -4.54. The largest absolute Gasteiger partial charge is 0.497 e. The van der Waals surface area contributed by atoms with Gasteiger partial charge in [-0.05, 0) is 37.3 Å². The van der Waals surface area contributed by atoms with Crippen molar-refractivity contribution >= 4 is 33.1 Å². The Balaban J connectivity index is 1.70. The highest BCUT2D eigenvalue weighted by Crippen LogP contribution is 2.32. The van der Waals surface area contributed by atoms with E-state index in [1.54, 1.807) is 31.2 Å². The molecule has 0 atom stereocenters. The molecule has 0 bridgehead atoms. The standard InChI is InChI=1S/C22H17F3N4O3S/c1-12-26-19-20(33-12)18(13-5-3-8-16(9-13)32-2)28-29(21(19)31)11-17(30)27-15-7-4-6-14(10-15)22(23,24)25/h3-10H,11H2,1-2H3,(H,27,30). The summed E-state index contributed by atoms with van der Waals surface area (Å²) < 4.78 is 45.6. The number of halogens is 3.